The topological polar surface area (TPSA) is 75.7 Å². The molecule has 0 aliphatic carbocycles. The predicted octanol–water partition coefficient (Wildman–Crippen LogP) is 3.27. The highest BCUT2D eigenvalue weighted by Crippen LogP contribution is 2.22. The molecule has 1 amide bonds. The number of sulfonamides is 1. The van der Waals surface area contributed by atoms with Gasteiger partial charge in [0, 0.05) is 30.8 Å². The summed E-state index contributed by atoms with van der Waals surface area (Å²) in [6.07, 6.45) is 3.71. The van der Waals surface area contributed by atoms with Crippen molar-refractivity contribution in [3.63, 3.8) is 0 Å². The molecule has 30 heavy (non-hydrogen) atoms. The molecule has 0 saturated carbocycles. The average molecular weight is 436 g/mol. The Bertz CT molecular complexity index is 989. The summed E-state index contributed by atoms with van der Waals surface area (Å²) in [6.45, 7) is -2.17. The van der Waals surface area contributed by atoms with Gasteiger partial charge in [-0.1, -0.05) is 36.4 Å². The Morgan fingerprint density at radius 3 is 2.37 bits per heavy atom. The van der Waals surface area contributed by atoms with Crippen molar-refractivity contribution in [2.75, 3.05) is 13.1 Å². The number of hydrogen-bond donors (Lipinski definition) is 1. The van der Waals surface area contributed by atoms with E-state index in [-0.39, 0.29) is 22.6 Å². The van der Waals surface area contributed by atoms with Gasteiger partial charge in [0.1, 0.15) is 5.75 Å². The maximum absolute atomic E-state index is 12.5. The molecule has 1 N–H and O–H groups in total. The SMILES string of the molecule is O=C(C=Cc1ccccc1OC(F)F)N1CCC(NS(=O)(=O)c2ccccc2)CC1. The zero-order valence-corrected chi connectivity index (χ0v) is 16.9. The molecule has 1 heterocycles. The van der Waals surface area contributed by atoms with Crippen molar-refractivity contribution in [1.29, 1.82) is 0 Å². The molecular formula is C21H22F2N2O4S. The maximum Gasteiger partial charge on any atom is 0.387 e. The van der Waals surface area contributed by atoms with Gasteiger partial charge in [-0.05, 0) is 37.1 Å². The van der Waals surface area contributed by atoms with Crippen LogP contribution in [-0.4, -0.2) is 45.0 Å². The van der Waals surface area contributed by atoms with Gasteiger partial charge >= 0.3 is 6.61 Å². The molecule has 0 bridgehead atoms. The van der Waals surface area contributed by atoms with Crippen LogP contribution in [0.15, 0.2) is 65.6 Å². The number of likely N-dealkylation sites (tertiary alicyclic amines) is 1. The molecule has 9 heteroatoms. The van der Waals surface area contributed by atoms with Crippen molar-refractivity contribution in [3.8, 4) is 5.75 Å². The minimum Gasteiger partial charge on any atom is -0.434 e. The summed E-state index contributed by atoms with van der Waals surface area (Å²) >= 11 is 0. The van der Waals surface area contributed by atoms with E-state index in [1.54, 1.807) is 41.3 Å². The Morgan fingerprint density at radius 1 is 1.07 bits per heavy atom. The van der Waals surface area contributed by atoms with Gasteiger partial charge in [-0.25, -0.2) is 13.1 Å². The van der Waals surface area contributed by atoms with Crippen LogP contribution >= 0.6 is 0 Å². The van der Waals surface area contributed by atoms with E-state index in [9.17, 15) is 22.0 Å². The number of para-hydroxylation sites is 1. The lowest BCUT2D eigenvalue weighted by Gasteiger charge is -2.31. The molecule has 1 aliphatic rings. The molecule has 0 atom stereocenters. The van der Waals surface area contributed by atoms with Crippen molar-refractivity contribution in [1.82, 2.24) is 9.62 Å². The van der Waals surface area contributed by atoms with Gasteiger partial charge < -0.3 is 9.64 Å². The van der Waals surface area contributed by atoms with Crippen LogP contribution < -0.4 is 9.46 Å². The van der Waals surface area contributed by atoms with E-state index in [0.29, 0.717) is 31.5 Å². The van der Waals surface area contributed by atoms with E-state index < -0.39 is 16.6 Å². The molecule has 160 valence electrons. The maximum atomic E-state index is 12.5. The second-order valence-corrected chi connectivity index (χ2v) is 8.50. The quantitative estimate of drug-likeness (QED) is 0.676. The molecule has 0 aromatic heterocycles. The smallest absolute Gasteiger partial charge is 0.387 e. The van der Waals surface area contributed by atoms with E-state index in [4.69, 9.17) is 0 Å². The van der Waals surface area contributed by atoms with Crippen LogP contribution in [0, 0.1) is 0 Å². The number of piperidine rings is 1. The van der Waals surface area contributed by atoms with Gasteiger partial charge in [0.25, 0.3) is 0 Å². The van der Waals surface area contributed by atoms with Crippen LogP contribution in [0.3, 0.4) is 0 Å². The van der Waals surface area contributed by atoms with Crippen LogP contribution in [0.2, 0.25) is 0 Å². The Kier molecular flexibility index (Phi) is 7.17. The number of halogens is 2. The first kappa shape index (κ1) is 21.9. The third-order valence-electron chi connectivity index (χ3n) is 4.72. The first-order valence-corrected chi connectivity index (χ1v) is 10.9. The van der Waals surface area contributed by atoms with E-state index in [1.165, 1.54) is 30.4 Å². The van der Waals surface area contributed by atoms with E-state index in [1.807, 2.05) is 0 Å². The number of carbonyl (C=O) groups excluding carboxylic acids is 1. The summed E-state index contributed by atoms with van der Waals surface area (Å²) < 4.78 is 56.9. The van der Waals surface area contributed by atoms with Crippen LogP contribution in [0.1, 0.15) is 18.4 Å². The minimum atomic E-state index is -3.60. The van der Waals surface area contributed by atoms with Gasteiger partial charge in [-0.2, -0.15) is 8.78 Å². The number of rotatable bonds is 7. The lowest BCUT2D eigenvalue weighted by Crippen LogP contribution is -2.46. The third kappa shape index (κ3) is 5.87. The number of benzene rings is 2. The fourth-order valence-electron chi connectivity index (χ4n) is 3.19. The number of carbonyl (C=O) groups is 1. The Balaban J connectivity index is 1.55. The van der Waals surface area contributed by atoms with E-state index in [2.05, 4.69) is 9.46 Å². The molecule has 0 spiro atoms. The van der Waals surface area contributed by atoms with Crippen LogP contribution in [0.5, 0.6) is 5.75 Å². The molecule has 1 fully saturated rings. The van der Waals surface area contributed by atoms with Crippen molar-refractivity contribution in [2.45, 2.75) is 30.4 Å². The zero-order valence-electron chi connectivity index (χ0n) is 16.1. The minimum absolute atomic E-state index is 0.00873. The van der Waals surface area contributed by atoms with Gasteiger partial charge in [-0.3, -0.25) is 4.79 Å². The van der Waals surface area contributed by atoms with Crippen molar-refractivity contribution in [3.05, 3.63) is 66.2 Å². The summed E-state index contributed by atoms with van der Waals surface area (Å²) in [6, 6.07) is 14.1. The Hall–Kier alpha value is -2.78. The van der Waals surface area contributed by atoms with Crippen molar-refractivity contribution in [2.24, 2.45) is 0 Å². The lowest BCUT2D eigenvalue weighted by atomic mass is 10.1. The third-order valence-corrected chi connectivity index (χ3v) is 6.26. The first-order valence-electron chi connectivity index (χ1n) is 9.43. The predicted molar refractivity (Wildman–Crippen MR) is 108 cm³/mol. The molecule has 1 aliphatic heterocycles. The highest BCUT2D eigenvalue weighted by molar-refractivity contribution is 7.89. The van der Waals surface area contributed by atoms with Gasteiger partial charge in [0.05, 0.1) is 4.90 Å². The fraction of sp³-hybridized carbons (Fsp3) is 0.286. The lowest BCUT2D eigenvalue weighted by molar-refractivity contribution is -0.126. The van der Waals surface area contributed by atoms with E-state index >= 15 is 0 Å². The Morgan fingerprint density at radius 2 is 1.70 bits per heavy atom. The standard InChI is InChI=1S/C21H22F2N2O4S/c22-21(23)29-19-9-5-4-6-16(19)10-11-20(26)25-14-12-17(13-15-25)24-30(27,28)18-7-2-1-3-8-18/h1-11,17,21,24H,12-15H2. The number of amides is 1. The molecular weight excluding hydrogens is 414 g/mol. The summed E-state index contributed by atoms with van der Waals surface area (Å²) in [5.41, 5.74) is 0.372. The molecule has 2 aromatic carbocycles. The summed E-state index contributed by atoms with van der Waals surface area (Å²) in [7, 11) is -3.60. The van der Waals surface area contributed by atoms with Crippen LogP contribution in [0.4, 0.5) is 8.78 Å². The number of hydrogen-bond acceptors (Lipinski definition) is 4. The number of nitrogens with zero attached hydrogens (tertiary/aromatic N) is 1. The second kappa shape index (κ2) is 9.82. The summed E-state index contributed by atoms with van der Waals surface area (Å²) in [5, 5.41) is 0. The first-order chi connectivity index (χ1) is 14.3. The molecule has 6 nitrogen and oxygen atoms in total. The fourth-order valence-corrected chi connectivity index (χ4v) is 4.52. The highest BCUT2D eigenvalue weighted by Gasteiger charge is 2.26. The van der Waals surface area contributed by atoms with Crippen LogP contribution in [0.25, 0.3) is 6.08 Å². The van der Waals surface area contributed by atoms with Crippen molar-refractivity contribution >= 4 is 22.0 Å². The van der Waals surface area contributed by atoms with E-state index in [0.717, 1.165) is 0 Å². The molecule has 0 radical (unpaired) electrons. The zero-order chi connectivity index (χ0) is 21.6. The van der Waals surface area contributed by atoms with Crippen molar-refractivity contribution < 1.29 is 26.7 Å². The second-order valence-electron chi connectivity index (χ2n) is 6.78. The number of ether oxygens (including phenoxy) is 1. The highest BCUT2D eigenvalue weighted by atomic mass is 32.2. The molecule has 2 aromatic rings. The molecule has 1 saturated heterocycles. The van der Waals surface area contributed by atoms with Crippen LogP contribution in [-0.2, 0) is 14.8 Å². The Labute approximate surface area is 174 Å². The number of nitrogens with one attached hydrogen (secondary N) is 1. The van der Waals surface area contributed by atoms with Gasteiger partial charge in [-0.15, -0.1) is 0 Å². The largest absolute Gasteiger partial charge is 0.434 e. The monoisotopic (exact) mass is 436 g/mol. The van der Waals surface area contributed by atoms with Gasteiger partial charge in [0.15, 0.2) is 0 Å². The van der Waals surface area contributed by atoms with Gasteiger partial charge in [0.2, 0.25) is 15.9 Å². The average Bonchev–Trinajstić information content (AvgIpc) is 2.73. The number of alkyl halides is 2. The molecule has 3 rings (SSSR count). The molecule has 0 unspecified atom stereocenters. The normalized spacial score (nSPS) is 15.6. The summed E-state index contributed by atoms with van der Waals surface area (Å²) in [4.78, 5) is 14.2. The summed E-state index contributed by atoms with van der Waals surface area (Å²) in [5.74, 6) is -0.281.